The van der Waals surface area contributed by atoms with Crippen LogP contribution in [0.1, 0.15) is 52.9 Å². The maximum absolute atomic E-state index is 6.02. The first-order valence-corrected chi connectivity index (χ1v) is 6.90. The van der Waals surface area contributed by atoms with Gasteiger partial charge in [-0.2, -0.15) is 5.06 Å². The highest BCUT2D eigenvalue weighted by Gasteiger charge is 2.33. The molecule has 1 saturated carbocycles. The third-order valence-electron chi connectivity index (χ3n) is 3.77. The third-order valence-corrected chi connectivity index (χ3v) is 3.77. The first-order chi connectivity index (χ1) is 7.91. The summed E-state index contributed by atoms with van der Waals surface area (Å²) in [5.74, 6) is 0. The molecule has 0 aliphatic heterocycles. The van der Waals surface area contributed by atoms with Crippen molar-refractivity contribution in [2.24, 2.45) is 16.6 Å². The van der Waals surface area contributed by atoms with Gasteiger partial charge >= 0.3 is 0 Å². The monoisotopic (exact) mass is 242 g/mol. The van der Waals surface area contributed by atoms with Crippen molar-refractivity contribution < 1.29 is 4.84 Å². The molecular weight excluding hydrogens is 212 g/mol. The van der Waals surface area contributed by atoms with E-state index >= 15 is 0 Å². The summed E-state index contributed by atoms with van der Waals surface area (Å²) < 4.78 is 0. The SMILES string of the molecule is CON(CC(C)(C)C)CC1(CN)CCCCC1. The van der Waals surface area contributed by atoms with E-state index in [-0.39, 0.29) is 5.41 Å². The highest BCUT2D eigenvalue weighted by molar-refractivity contribution is 4.86. The second kappa shape index (κ2) is 6.17. The van der Waals surface area contributed by atoms with Crippen LogP contribution in [0.25, 0.3) is 0 Å². The number of nitrogens with two attached hydrogens (primary N) is 1. The smallest absolute Gasteiger partial charge is 0.0575 e. The molecule has 1 rings (SSSR count). The van der Waals surface area contributed by atoms with Crippen LogP contribution in [0, 0.1) is 10.8 Å². The lowest BCUT2D eigenvalue weighted by molar-refractivity contribution is -0.169. The quantitative estimate of drug-likeness (QED) is 0.753. The number of rotatable bonds is 5. The molecule has 0 saturated heterocycles. The van der Waals surface area contributed by atoms with Gasteiger partial charge in [0.05, 0.1) is 7.11 Å². The maximum Gasteiger partial charge on any atom is 0.0575 e. The van der Waals surface area contributed by atoms with Crippen LogP contribution in [0.3, 0.4) is 0 Å². The van der Waals surface area contributed by atoms with Gasteiger partial charge in [0.2, 0.25) is 0 Å². The summed E-state index contributed by atoms with van der Waals surface area (Å²) in [5, 5.41) is 2.11. The van der Waals surface area contributed by atoms with E-state index in [1.165, 1.54) is 32.1 Å². The van der Waals surface area contributed by atoms with Crippen LogP contribution in [-0.2, 0) is 4.84 Å². The largest absolute Gasteiger partial charge is 0.330 e. The molecule has 0 heterocycles. The minimum absolute atomic E-state index is 0.264. The summed E-state index contributed by atoms with van der Waals surface area (Å²) in [6, 6.07) is 0. The fraction of sp³-hybridized carbons (Fsp3) is 1.00. The number of hydrogen-bond donors (Lipinski definition) is 1. The van der Waals surface area contributed by atoms with Gasteiger partial charge in [0.25, 0.3) is 0 Å². The molecule has 0 bridgehead atoms. The Labute approximate surface area is 107 Å². The van der Waals surface area contributed by atoms with Crippen molar-refractivity contribution in [3.63, 3.8) is 0 Å². The zero-order valence-corrected chi connectivity index (χ0v) is 12.1. The van der Waals surface area contributed by atoms with Crippen molar-refractivity contribution >= 4 is 0 Å². The molecule has 0 unspecified atom stereocenters. The van der Waals surface area contributed by atoms with Crippen LogP contribution in [0.5, 0.6) is 0 Å². The summed E-state index contributed by atoms with van der Waals surface area (Å²) in [6.45, 7) is 9.47. The second-order valence-corrected chi connectivity index (χ2v) is 6.81. The molecular formula is C14H30N2O. The van der Waals surface area contributed by atoms with Crippen molar-refractivity contribution in [3.05, 3.63) is 0 Å². The molecule has 0 aromatic heterocycles. The molecule has 1 aliphatic carbocycles. The Bertz CT molecular complexity index is 217. The fourth-order valence-electron chi connectivity index (χ4n) is 2.82. The molecule has 0 aromatic rings. The molecule has 1 fully saturated rings. The molecule has 102 valence electrons. The summed E-state index contributed by atoms with van der Waals surface area (Å²) >= 11 is 0. The van der Waals surface area contributed by atoms with Gasteiger partial charge in [-0.05, 0) is 30.2 Å². The molecule has 0 amide bonds. The van der Waals surface area contributed by atoms with Gasteiger partial charge in [-0.1, -0.05) is 40.0 Å². The number of hydrogen-bond acceptors (Lipinski definition) is 3. The molecule has 0 aromatic carbocycles. The average molecular weight is 242 g/mol. The lowest BCUT2D eigenvalue weighted by Crippen LogP contribution is -2.45. The van der Waals surface area contributed by atoms with Crippen molar-refractivity contribution in [2.45, 2.75) is 52.9 Å². The highest BCUT2D eigenvalue weighted by Crippen LogP contribution is 2.36. The van der Waals surface area contributed by atoms with Crippen molar-refractivity contribution in [3.8, 4) is 0 Å². The van der Waals surface area contributed by atoms with Gasteiger partial charge in [-0.3, -0.25) is 0 Å². The Hall–Kier alpha value is -0.120. The van der Waals surface area contributed by atoms with E-state index in [0.29, 0.717) is 5.41 Å². The molecule has 2 N–H and O–H groups in total. The fourth-order valence-corrected chi connectivity index (χ4v) is 2.82. The van der Waals surface area contributed by atoms with E-state index in [1.54, 1.807) is 7.11 Å². The lowest BCUT2D eigenvalue weighted by Gasteiger charge is -2.41. The number of nitrogens with zero attached hydrogens (tertiary/aromatic N) is 1. The van der Waals surface area contributed by atoms with Gasteiger partial charge in [-0.15, -0.1) is 0 Å². The van der Waals surface area contributed by atoms with E-state index in [2.05, 4.69) is 25.8 Å². The molecule has 0 atom stereocenters. The van der Waals surface area contributed by atoms with Crippen LogP contribution >= 0.6 is 0 Å². The average Bonchev–Trinajstić information content (AvgIpc) is 2.27. The Morgan fingerprint density at radius 1 is 1.18 bits per heavy atom. The summed E-state index contributed by atoms with van der Waals surface area (Å²) in [4.78, 5) is 5.53. The van der Waals surface area contributed by atoms with Crippen molar-refractivity contribution in [2.75, 3.05) is 26.7 Å². The summed E-state index contributed by atoms with van der Waals surface area (Å²) in [7, 11) is 1.78. The van der Waals surface area contributed by atoms with Crippen LogP contribution in [0.15, 0.2) is 0 Å². The molecule has 3 heteroatoms. The van der Waals surface area contributed by atoms with Gasteiger partial charge in [0.15, 0.2) is 0 Å². The zero-order valence-electron chi connectivity index (χ0n) is 12.1. The normalized spacial score (nSPS) is 20.8. The number of hydroxylamine groups is 2. The lowest BCUT2D eigenvalue weighted by atomic mass is 9.74. The first-order valence-electron chi connectivity index (χ1n) is 6.90. The van der Waals surface area contributed by atoms with Gasteiger partial charge in [-0.25, -0.2) is 0 Å². The van der Waals surface area contributed by atoms with E-state index in [4.69, 9.17) is 10.6 Å². The van der Waals surface area contributed by atoms with E-state index in [0.717, 1.165) is 19.6 Å². The van der Waals surface area contributed by atoms with Gasteiger partial charge in [0, 0.05) is 13.1 Å². The summed E-state index contributed by atoms with van der Waals surface area (Å²) in [6.07, 6.45) is 6.53. The van der Waals surface area contributed by atoms with Gasteiger partial charge < -0.3 is 10.6 Å². The van der Waals surface area contributed by atoms with Crippen LogP contribution in [0.2, 0.25) is 0 Å². The van der Waals surface area contributed by atoms with E-state index < -0.39 is 0 Å². The minimum atomic E-state index is 0.264. The van der Waals surface area contributed by atoms with Crippen molar-refractivity contribution in [1.29, 1.82) is 0 Å². The van der Waals surface area contributed by atoms with Crippen LogP contribution in [-0.4, -0.2) is 31.8 Å². The minimum Gasteiger partial charge on any atom is -0.330 e. The molecule has 3 nitrogen and oxygen atoms in total. The Morgan fingerprint density at radius 3 is 2.18 bits per heavy atom. The highest BCUT2D eigenvalue weighted by atomic mass is 16.7. The second-order valence-electron chi connectivity index (χ2n) is 6.81. The standard InChI is InChI=1S/C14H30N2O/c1-13(2,3)11-16(17-4)12-14(10-15)8-6-5-7-9-14/h5-12,15H2,1-4H3. The maximum atomic E-state index is 6.02. The van der Waals surface area contributed by atoms with Crippen LogP contribution in [0.4, 0.5) is 0 Å². The Kier molecular flexibility index (Phi) is 5.42. The Balaban J connectivity index is 2.58. The molecule has 1 aliphatic rings. The van der Waals surface area contributed by atoms with Crippen LogP contribution < -0.4 is 5.73 Å². The zero-order chi connectivity index (χ0) is 12.9. The molecule has 17 heavy (non-hydrogen) atoms. The van der Waals surface area contributed by atoms with E-state index in [9.17, 15) is 0 Å². The summed E-state index contributed by atoms with van der Waals surface area (Å²) in [5.41, 5.74) is 6.58. The van der Waals surface area contributed by atoms with Gasteiger partial charge in [0.1, 0.15) is 0 Å². The molecule has 0 spiro atoms. The first kappa shape index (κ1) is 14.9. The molecule has 0 radical (unpaired) electrons. The van der Waals surface area contributed by atoms with Crippen molar-refractivity contribution in [1.82, 2.24) is 5.06 Å². The predicted octanol–water partition coefficient (Wildman–Crippen LogP) is 2.81. The Morgan fingerprint density at radius 2 is 1.76 bits per heavy atom. The topological polar surface area (TPSA) is 38.5 Å². The predicted molar refractivity (Wildman–Crippen MR) is 72.6 cm³/mol. The third kappa shape index (κ3) is 4.94. The van der Waals surface area contributed by atoms with E-state index in [1.807, 2.05) is 0 Å².